The van der Waals surface area contributed by atoms with Gasteiger partial charge in [-0.25, -0.2) is 4.98 Å². The predicted octanol–water partition coefficient (Wildman–Crippen LogP) is 1.54. The first-order valence-corrected chi connectivity index (χ1v) is 7.28. The van der Waals surface area contributed by atoms with Crippen molar-refractivity contribution in [2.45, 2.75) is 13.8 Å². The molecule has 1 aromatic heterocycles. The number of rotatable bonds is 5. The third-order valence-electron chi connectivity index (χ3n) is 3.17. The van der Waals surface area contributed by atoms with Gasteiger partial charge in [0.1, 0.15) is 0 Å². The van der Waals surface area contributed by atoms with Crippen LogP contribution in [0.1, 0.15) is 12.6 Å². The SMILES string of the molecule is CCOc1cc(C)nc(N2CCN(CCCl)CC2)n1. The quantitative estimate of drug-likeness (QED) is 0.768. The van der Waals surface area contributed by atoms with Crippen LogP contribution in [-0.2, 0) is 0 Å². The number of aryl methyl sites for hydroxylation is 1. The summed E-state index contributed by atoms with van der Waals surface area (Å²) >= 11 is 5.77. The summed E-state index contributed by atoms with van der Waals surface area (Å²) in [5.41, 5.74) is 0.941. The molecule has 1 aromatic rings. The Labute approximate surface area is 119 Å². The van der Waals surface area contributed by atoms with Gasteiger partial charge in [-0.15, -0.1) is 11.6 Å². The largest absolute Gasteiger partial charge is 0.478 e. The Morgan fingerprint density at radius 3 is 2.63 bits per heavy atom. The maximum absolute atomic E-state index is 5.77. The number of halogens is 1. The zero-order chi connectivity index (χ0) is 13.7. The van der Waals surface area contributed by atoms with Gasteiger partial charge in [0, 0.05) is 50.4 Å². The molecule has 2 rings (SSSR count). The zero-order valence-electron chi connectivity index (χ0n) is 11.6. The van der Waals surface area contributed by atoms with Crippen LogP contribution < -0.4 is 9.64 Å². The van der Waals surface area contributed by atoms with E-state index in [1.165, 1.54) is 0 Å². The minimum Gasteiger partial charge on any atom is -0.478 e. The number of nitrogens with zero attached hydrogens (tertiary/aromatic N) is 4. The molecular weight excluding hydrogens is 264 g/mol. The summed E-state index contributed by atoms with van der Waals surface area (Å²) in [5, 5.41) is 0. The van der Waals surface area contributed by atoms with Crippen molar-refractivity contribution in [3.05, 3.63) is 11.8 Å². The average molecular weight is 285 g/mol. The van der Waals surface area contributed by atoms with Gasteiger partial charge in [-0.2, -0.15) is 4.98 Å². The topological polar surface area (TPSA) is 41.5 Å². The van der Waals surface area contributed by atoms with Gasteiger partial charge in [-0.1, -0.05) is 0 Å². The molecule has 1 saturated heterocycles. The first-order valence-electron chi connectivity index (χ1n) is 6.74. The van der Waals surface area contributed by atoms with Gasteiger partial charge in [0.25, 0.3) is 0 Å². The molecule has 0 aliphatic carbocycles. The van der Waals surface area contributed by atoms with E-state index in [1.807, 2.05) is 19.9 Å². The van der Waals surface area contributed by atoms with E-state index in [1.54, 1.807) is 0 Å². The molecule has 0 unspecified atom stereocenters. The molecule has 0 atom stereocenters. The summed E-state index contributed by atoms with van der Waals surface area (Å²) in [5.74, 6) is 2.12. The first-order chi connectivity index (χ1) is 9.22. The van der Waals surface area contributed by atoms with Crippen LogP contribution in [-0.4, -0.2) is 60.1 Å². The second kappa shape index (κ2) is 6.91. The highest BCUT2D eigenvalue weighted by molar-refractivity contribution is 6.18. The van der Waals surface area contributed by atoms with Gasteiger partial charge in [0.05, 0.1) is 6.61 Å². The Balaban J connectivity index is 2.02. The summed E-state index contributed by atoms with van der Waals surface area (Å²) < 4.78 is 5.47. The van der Waals surface area contributed by atoms with E-state index in [0.29, 0.717) is 18.4 Å². The molecule has 6 heteroatoms. The zero-order valence-corrected chi connectivity index (χ0v) is 12.4. The monoisotopic (exact) mass is 284 g/mol. The van der Waals surface area contributed by atoms with E-state index in [-0.39, 0.29) is 0 Å². The molecule has 0 N–H and O–H groups in total. The van der Waals surface area contributed by atoms with Crippen molar-refractivity contribution in [2.75, 3.05) is 50.1 Å². The van der Waals surface area contributed by atoms with E-state index >= 15 is 0 Å². The fraction of sp³-hybridized carbons (Fsp3) is 0.692. The number of ether oxygens (including phenoxy) is 1. The van der Waals surface area contributed by atoms with Gasteiger partial charge in [-0.05, 0) is 13.8 Å². The van der Waals surface area contributed by atoms with Crippen LogP contribution in [0.25, 0.3) is 0 Å². The molecule has 0 amide bonds. The van der Waals surface area contributed by atoms with Crippen molar-refractivity contribution in [1.29, 1.82) is 0 Å². The fourth-order valence-corrected chi connectivity index (χ4v) is 2.42. The molecule has 1 aliphatic rings. The molecule has 0 aromatic carbocycles. The van der Waals surface area contributed by atoms with Crippen LogP contribution in [0.4, 0.5) is 5.95 Å². The van der Waals surface area contributed by atoms with Gasteiger partial charge >= 0.3 is 0 Å². The lowest BCUT2D eigenvalue weighted by molar-refractivity contribution is 0.270. The van der Waals surface area contributed by atoms with Gasteiger partial charge in [-0.3, -0.25) is 4.90 Å². The second-order valence-electron chi connectivity index (χ2n) is 4.60. The molecule has 1 aliphatic heterocycles. The number of alkyl halides is 1. The van der Waals surface area contributed by atoms with Crippen LogP contribution in [0.15, 0.2) is 6.07 Å². The van der Waals surface area contributed by atoms with Crippen molar-refractivity contribution < 1.29 is 4.74 Å². The molecule has 0 saturated carbocycles. The van der Waals surface area contributed by atoms with E-state index in [0.717, 1.165) is 44.4 Å². The molecule has 1 fully saturated rings. The van der Waals surface area contributed by atoms with Crippen LogP contribution in [0.2, 0.25) is 0 Å². The van der Waals surface area contributed by atoms with Crippen molar-refractivity contribution in [2.24, 2.45) is 0 Å². The molecule has 5 nitrogen and oxygen atoms in total. The predicted molar refractivity (Wildman–Crippen MR) is 77.3 cm³/mol. The lowest BCUT2D eigenvalue weighted by Crippen LogP contribution is -2.47. The number of hydrogen-bond acceptors (Lipinski definition) is 5. The van der Waals surface area contributed by atoms with E-state index < -0.39 is 0 Å². The van der Waals surface area contributed by atoms with Gasteiger partial charge in [0.15, 0.2) is 0 Å². The van der Waals surface area contributed by atoms with Crippen LogP contribution in [0, 0.1) is 6.92 Å². The third-order valence-corrected chi connectivity index (χ3v) is 3.34. The fourth-order valence-electron chi connectivity index (χ4n) is 2.18. The van der Waals surface area contributed by atoms with Crippen molar-refractivity contribution >= 4 is 17.5 Å². The van der Waals surface area contributed by atoms with Crippen LogP contribution in [0.3, 0.4) is 0 Å². The lowest BCUT2D eigenvalue weighted by Gasteiger charge is -2.34. The minimum atomic E-state index is 0.624. The minimum absolute atomic E-state index is 0.624. The van der Waals surface area contributed by atoms with Crippen molar-refractivity contribution in [1.82, 2.24) is 14.9 Å². The molecule has 19 heavy (non-hydrogen) atoms. The molecule has 0 radical (unpaired) electrons. The number of anilines is 1. The average Bonchev–Trinajstić information content (AvgIpc) is 2.40. The van der Waals surface area contributed by atoms with Crippen LogP contribution >= 0.6 is 11.6 Å². The summed E-state index contributed by atoms with van der Waals surface area (Å²) in [6, 6.07) is 1.87. The van der Waals surface area contributed by atoms with E-state index in [4.69, 9.17) is 16.3 Å². The normalized spacial score (nSPS) is 16.7. The number of aromatic nitrogens is 2. The Bertz CT molecular complexity index is 408. The maximum atomic E-state index is 5.77. The molecule has 2 heterocycles. The Morgan fingerprint density at radius 1 is 1.26 bits per heavy atom. The third kappa shape index (κ3) is 3.94. The Kier molecular flexibility index (Phi) is 5.22. The van der Waals surface area contributed by atoms with Gasteiger partial charge in [0.2, 0.25) is 11.8 Å². The summed E-state index contributed by atoms with van der Waals surface area (Å²) in [6.45, 7) is 9.40. The molecular formula is C13H21ClN4O. The van der Waals surface area contributed by atoms with Crippen LogP contribution in [0.5, 0.6) is 5.88 Å². The van der Waals surface area contributed by atoms with Crippen molar-refractivity contribution in [3.8, 4) is 5.88 Å². The highest BCUT2D eigenvalue weighted by Crippen LogP contribution is 2.17. The number of hydrogen-bond donors (Lipinski definition) is 0. The van der Waals surface area contributed by atoms with E-state index in [9.17, 15) is 0 Å². The Morgan fingerprint density at radius 2 is 2.00 bits per heavy atom. The second-order valence-corrected chi connectivity index (χ2v) is 4.98. The van der Waals surface area contributed by atoms with E-state index in [2.05, 4.69) is 19.8 Å². The number of piperazine rings is 1. The molecule has 106 valence electrons. The smallest absolute Gasteiger partial charge is 0.228 e. The highest BCUT2D eigenvalue weighted by atomic mass is 35.5. The molecule has 0 bridgehead atoms. The summed E-state index contributed by atoms with van der Waals surface area (Å²) in [6.07, 6.45) is 0. The van der Waals surface area contributed by atoms with Gasteiger partial charge < -0.3 is 9.64 Å². The Hall–Kier alpha value is -1.07. The first kappa shape index (κ1) is 14.3. The maximum Gasteiger partial charge on any atom is 0.228 e. The summed E-state index contributed by atoms with van der Waals surface area (Å²) in [7, 11) is 0. The highest BCUT2D eigenvalue weighted by Gasteiger charge is 2.19. The standard InChI is InChI=1S/C13H21ClN4O/c1-3-19-12-10-11(2)15-13(16-12)18-8-6-17(5-4-14)7-9-18/h10H,3-9H2,1-2H3. The molecule has 0 spiro atoms. The lowest BCUT2D eigenvalue weighted by atomic mass is 10.3. The summed E-state index contributed by atoms with van der Waals surface area (Å²) in [4.78, 5) is 13.5. The van der Waals surface area contributed by atoms with Crippen molar-refractivity contribution in [3.63, 3.8) is 0 Å².